The molecule has 0 fully saturated rings. The summed E-state index contributed by atoms with van der Waals surface area (Å²) in [7, 11) is 1.21. The number of nitro groups is 1. The Labute approximate surface area is 160 Å². The number of esters is 1. The number of non-ortho nitro benzene ring substituents is 1. The lowest BCUT2D eigenvalue weighted by molar-refractivity contribution is -0.384. The lowest BCUT2D eigenvalue weighted by Gasteiger charge is -2.17. The quantitative estimate of drug-likeness (QED) is 0.427. The zero-order chi connectivity index (χ0) is 20.7. The second-order valence-corrected chi connectivity index (χ2v) is 5.94. The molecular weight excluding hydrogens is 366 g/mol. The summed E-state index contributed by atoms with van der Waals surface area (Å²) in [5.74, 6) is -1.36. The molecule has 146 valence electrons. The maximum atomic E-state index is 12.4. The van der Waals surface area contributed by atoms with Crippen molar-refractivity contribution in [2.24, 2.45) is 0 Å². The molecule has 0 aromatic heterocycles. The predicted molar refractivity (Wildman–Crippen MR) is 101 cm³/mol. The number of methoxy groups -OCH3 is 1. The van der Waals surface area contributed by atoms with Crippen LogP contribution in [0, 0.1) is 10.1 Å². The van der Waals surface area contributed by atoms with Gasteiger partial charge in [-0.1, -0.05) is 12.1 Å². The summed E-state index contributed by atoms with van der Waals surface area (Å²) in [6.07, 6.45) is 0.111. The van der Waals surface area contributed by atoms with Crippen molar-refractivity contribution in [2.45, 2.75) is 19.4 Å². The first-order valence-corrected chi connectivity index (χ1v) is 8.30. The molecule has 2 aromatic carbocycles. The van der Waals surface area contributed by atoms with Gasteiger partial charge < -0.3 is 15.4 Å². The van der Waals surface area contributed by atoms with Crippen LogP contribution in [0.4, 0.5) is 11.4 Å². The summed E-state index contributed by atoms with van der Waals surface area (Å²) < 4.78 is 4.74. The Kier molecular flexibility index (Phi) is 6.80. The molecule has 0 radical (unpaired) electrons. The van der Waals surface area contributed by atoms with Gasteiger partial charge in [-0.15, -0.1) is 0 Å². The van der Waals surface area contributed by atoms with E-state index in [1.54, 1.807) is 12.1 Å². The molecule has 0 heterocycles. The second kappa shape index (κ2) is 9.26. The minimum atomic E-state index is -0.964. The van der Waals surface area contributed by atoms with Crippen LogP contribution < -0.4 is 10.6 Å². The fourth-order valence-electron chi connectivity index (χ4n) is 2.47. The molecule has 0 saturated heterocycles. The standard InChI is InChI=1S/C19H19N3O6/c1-12(23)20-15-7-5-14(6-8-15)18(24)21-17(19(25)28-2)11-13-3-9-16(10-4-13)22(26)27/h3-10,17H,11H2,1-2H3,(H,20,23)(H,21,24). The number of rotatable bonds is 7. The molecule has 1 unspecified atom stereocenters. The molecule has 28 heavy (non-hydrogen) atoms. The summed E-state index contributed by atoms with van der Waals surface area (Å²) >= 11 is 0. The monoisotopic (exact) mass is 385 g/mol. The minimum Gasteiger partial charge on any atom is -0.467 e. The van der Waals surface area contributed by atoms with E-state index in [2.05, 4.69) is 10.6 Å². The number of hydrogen-bond donors (Lipinski definition) is 2. The van der Waals surface area contributed by atoms with Crippen molar-refractivity contribution < 1.29 is 24.0 Å². The van der Waals surface area contributed by atoms with Gasteiger partial charge in [-0.2, -0.15) is 0 Å². The first kappa shape index (κ1) is 20.6. The average molecular weight is 385 g/mol. The van der Waals surface area contributed by atoms with Crippen LogP contribution in [0.3, 0.4) is 0 Å². The van der Waals surface area contributed by atoms with Crippen LogP contribution in [0.25, 0.3) is 0 Å². The topological polar surface area (TPSA) is 128 Å². The van der Waals surface area contributed by atoms with E-state index in [4.69, 9.17) is 4.74 Å². The average Bonchev–Trinajstić information content (AvgIpc) is 2.67. The Morgan fingerprint density at radius 1 is 1.07 bits per heavy atom. The molecule has 0 aliphatic rings. The Hall–Kier alpha value is -3.75. The van der Waals surface area contributed by atoms with Crippen LogP contribution in [0.1, 0.15) is 22.8 Å². The smallest absolute Gasteiger partial charge is 0.328 e. The zero-order valence-electron chi connectivity index (χ0n) is 15.3. The van der Waals surface area contributed by atoms with Gasteiger partial charge in [-0.3, -0.25) is 19.7 Å². The van der Waals surface area contributed by atoms with Crippen LogP contribution in [0.2, 0.25) is 0 Å². The third-order valence-electron chi connectivity index (χ3n) is 3.85. The van der Waals surface area contributed by atoms with Crippen molar-refractivity contribution in [2.75, 3.05) is 12.4 Å². The normalized spacial score (nSPS) is 11.2. The van der Waals surface area contributed by atoms with Gasteiger partial charge in [0, 0.05) is 36.7 Å². The summed E-state index contributed by atoms with van der Waals surface area (Å²) in [5, 5.41) is 15.9. The molecule has 9 nitrogen and oxygen atoms in total. The molecule has 1 atom stereocenters. The fourth-order valence-corrected chi connectivity index (χ4v) is 2.47. The first-order chi connectivity index (χ1) is 13.3. The highest BCUT2D eigenvalue weighted by Crippen LogP contribution is 2.14. The maximum Gasteiger partial charge on any atom is 0.328 e. The molecule has 0 saturated carbocycles. The SMILES string of the molecule is COC(=O)C(Cc1ccc([N+](=O)[O-])cc1)NC(=O)c1ccc(NC(C)=O)cc1. The number of ether oxygens (including phenoxy) is 1. The largest absolute Gasteiger partial charge is 0.467 e. The van der Waals surface area contributed by atoms with Crippen molar-refractivity contribution in [3.8, 4) is 0 Å². The minimum absolute atomic E-state index is 0.0679. The van der Waals surface area contributed by atoms with Crippen LogP contribution in [0.5, 0.6) is 0 Å². The van der Waals surface area contributed by atoms with Crippen molar-refractivity contribution >= 4 is 29.2 Å². The molecule has 2 amide bonds. The lowest BCUT2D eigenvalue weighted by Crippen LogP contribution is -2.43. The highest BCUT2D eigenvalue weighted by Gasteiger charge is 2.23. The van der Waals surface area contributed by atoms with E-state index in [0.717, 1.165) is 0 Å². The number of amides is 2. The van der Waals surface area contributed by atoms with E-state index in [9.17, 15) is 24.5 Å². The van der Waals surface area contributed by atoms with E-state index < -0.39 is 22.8 Å². The number of hydrogen-bond acceptors (Lipinski definition) is 6. The van der Waals surface area contributed by atoms with Gasteiger partial charge in [0.25, 0.3) is 11.6 Å². The van der Waals surface area contributed by atoms with Gasteiger partial charge in [-0.05, 0) is 29.8 Å². The zero-order valence-corrected chi connectivity index (χ0v) is 15.3. The number of carbonyl (C=O) groups is 3. The van der Waals surface area contributed by atoms with Gasteiger partial charge >= 0.3 is 5.97 Å². The summed E-state index contributed by atoms with van der Waals surface area (Å²) in [5.41, 5.74) is 1.40. The fraction of sp³-hybridized carbons (Fsp3) is 0.211. The molecular formula is C19H19N3O6. The molecule has 9 heteroatoms. The molecule has 2 rings (SSSR count). The third-order valence-corrected chi connectivity index (χ3v) is 3.85. The van der Waals surface area contributed by atoms with Crippen LogP contribution >= 0.6 is 0 Å². The highest BCUT2D eigenvalue weighted by atomic mass is 16.6. The number of nitrogens with zero attached hydrogens (tertiary/aromatic N) is 1. The highest BCUT2D eigenvalue weighted by molar-refractivity contribution is 5.97. The lowest BCUT2D eigenvalue weighted by atomic mass is 10.0. The van der Waals surface area contributed by atoms with E-state index in [1.165, 1.54) is 50.4 Å². The van der Waals surface area contributed by atoms with Crippen molar-refractivity contribution in [3.05, 3.63) is 69.8 Å². The summed E-state index contributed by atoms with van der Waals surface area (Å²) in [4.78, 5) is 45.7. The van der Waals surface area contributed by atoms with Crippen LogP contribution in [-0.4, -0.2) is 35.9 Å². The van der Waals surface area contributed by atoms with E-state index in [0.29, 0.717) is 16.8 Å². The Morgan fingerprint density at radius 2 is 1.68 bits per heavy atom. The Morgan fingerprint density at radius 3 is 2.18 bits per heavy atom. The second-order valence-electron chi connectivity index (χ2n) is 5.94. The Bertz CT molecular complexity index is 878. The van der Waals surface area contributed by atoms with Crippen molar-refractivity contribution in [1.29, 1.82) is 0 Å². The summed E-state index contributed by atoms with van der Waals surface area (Å²) in [6.45, 7) is 1.37. The molecule has 0 spiro atoms. The predicted octanol–water partition coefficient (Wildman–Crippen LogP) is 2.07. The number of anilines is 1. The Balaban J connectivity index is 2.10. The van der Waals surface area contributed by atoms with Crippen molar-refractivity contribution in [1.82, 2.24) is 5.32 Å². The van der Waals surface area contributed by atoms with E-state index >= 15 is 0 Å². The number of carbonyl (C=O) groups excluding carboxylic acids is 3. The molecule has 2 aromatic rings. The molecule has 2 N–H and O–H groups in total. The van der Waals surface area contributed by atoms with Gasteiger partial charge in [0.05, 0.1) is 12.0 Å². The molecule has 0 aliphatic heterocycles. The number of benzene rings is 2. The van der Waals surface area contributed by atoms with Gasteiger partial charge in [0.15, 0.2) is 0 Å². The molecule has 0 bridgehead atoms. The van der Waals surface area contributed by atoms with Crippen LogP contribution in [0.15, 0.2) is 48.5 Å². The first-order valence-electron chi connectivity index (χ1n) is 8.30. The van der Waals surface area contributed by atoms with Gasteiger partial charge in [0.2, 0.25) is 5.91 Å². The number of nitrogens with one attached hydrogen (secondary N) is 2. The van der Waals surface area contributed by atoms with E-state index in [-0.39, 0.29) is 18.0 Å². The summed E-state index contributed by atoms with van der Waals surface area (Å²) in [6, 6.07) is 10.9. The van der Waals surface area contributed by atoms with Gasteiger partial charge in [0.1, 0.15) is 6.04 Å². The van der Waals surface area contributed by atoms with Crippen LogP contribution in [-0.2, 0) is 20.7 Å². The number of nitro benzene ring substituents is 1. The van der Waals surface area contributed by atoms with Gasteiger partial charge in [-0.25, -0.2) is 4.79 Å². The third kappa shape index (κ3) is 5.63. The molecule has 0 aliphatic carbocycles. The maximum absolute atomic E-state index is 12.4. The van der Waals surface area contributed by atoms with Crippen molar-refractivity contribution in [3.63, 3.8) is 0 Å². The van der Waals surface area contributed by atoms with E-state index in [1.807, 2.05) is 0 Å².